The van der Waals surface area contributed by atoms with Crippen LogP contribution in [0.2, 0.25) is 5.02 Å². The summed E-state index contributed by atoms with van der Waals surface area (Å²) in [6.45, 7) is 2.18. The van der Waals surface area contributed by atoms with Crippen LogP contribution in [0.4, 0.5) is 5.69 Å². The minimum atomic E-state index is -0.0191. The van der Waals surface area contributed by atoms with E-state index in [1.165, 1.54) is 20.0 Å². The summed E-state index contributed by atoms with van der Waals surface area (Å²) < 4.78 is 6.78. The zero-order valence-electron chi connectivity index (χ0n) is 16.2. The molecule has 1 aliphatic rings. The van der Waals surface area contributed by atoms with Gasteiger partial charge in [-0.05, 0) is 43.4 Å². The van der Waals surface area contributed by atoms with Crippen molar-refractivity contribution in [1.29, 1.82) is 0 Å². The molecule has 1 aliphatic carbocycles. The Kier molecular flexibility index (Phi) is 4.98. The Hall–Kier alpha value is -2.60. The summed E-state index contributed by atoms with van der Waals surface area (Å²) >= 11 is 6.27. The standard InChI is InChI=1S/C21H23ClN4O2/c1-12(14-5-6-14)24-17-10-20(27)26(2)19-7-4-13(8-15(17)19)9-18-16(22)11-23-21(25-18)28-3/h4,7-8,10-12,14,24H,5-6,9H2,1-3H3/t12-/m1/s1. The smallest absolute Gasteiger partial charge is 0.316 e. The molecular weight excluding hydrogens is 376 g/mol. The molecule has 0 radical (unpaired) electrons. The summed E-state index contributed by atoms with van der Waals surface area (Å²) in [5.41, 5.74) is 3.52. The van der Waals surface area contributed by atoms with E-state index in [1.54, 1.807) is 23.9 Å². The molecule has 0 spiro atoms. The SMILES string of the molecule is COc1ncc(Cl)c(Cc2ccc3c(c2)c(N[C@H](C)C2CC2)cc(=O)n3C)n1. The van der Waals surface area contributed by atoms with Gasteiger partial charge in [-0.1, -0.05) is 17.7 Å². The van der Waals surface area contributed by atoms with Crippen molar-refractivity contribution in [2.45, 2.75) is 32.2 Å². The van der Waals surface area contributed by atoms with Gasteiger partial charge in [0.1, 0.15) is 0 Å². The van der Waals surface area contributed by atoms with Crippen LogP contribution in [-0.4, -0.2) is 27.7 Å². The minimum absolute atomic E-state index is 0.0191. The first-order valence-electron chi connectivity index (χ1n) is 9.41. The van der Waals surface area contributed by atoms with Crippen LogP contribution in [0.3, 0.4) is 0 Å². The molecule has 1 saturated carbocycles. The number of nitrogens with one attached hydrogen (secondary N) is 1. The first-order valence-corrected chi connectivity index (χ1v) is 9.78. The fraction of sp³-hybridized carbons (Fsp3) is 0.381. The van der Waals surface area contributed by atoms with E-state index in [1.807, 2.05) is 12.1 Å². The Balaban J connectivity index is 1.74. The van der Waals surface area contributed by atoms with Gasteiger partial charge in [-0.3, -0.25) is 4.79 Å². The maximum atomic E-state index is 12.4. The first kappa shape index (κ1) is 18.7. The van der Waals surface area contributed by atoms with Crippen molar-refractivity contribution in [2.75, 3.05) is 12.4 Å². The van der Waals surface area contributed by atoms with E-state index in [0.29, 0.717) is 35.1 Å². The maximum absolute atomic E-state index is 12.4. The van der Waals surface area contributed by atoms with Crippen molar-refractivity contribution in [3.05, 3.63) is 57.1 Å². The van der Waals surface area contributed by atoms with E-state index >= 15 is 0 Å². The number of anilines is 1. The lowest BCUT2D eigenvalue weighted by atomic mass is 10.0. The van der Waals surface area contributed by atoms with Crippen molar-refractivity contribution in [3.63, 3.8) is 0 Å². The summed E-state index contributed by atoms with van der Waals surface area (Å²) in [4.78, 5) is 20.8. The highest BCUT2D eigenvalue weighted by atomic mass is 35.5. The molecule has 28 heavy (non-hydrogen) atoms. The van der Waals surface area contributed by atoms with E-state index in [0.717, 1.165) is 22.2 Å². The van der Waals surface area contributed by atoms with E-state index in [2.05, 4.69) is 28.3 Å². The number of ether oxygens (including phenoxy) is 1. The third-order valence-electron chi connectivity index (χ3n) is 5.37. The third kappa shape index (κ3) is 3.69. The van der Waals surface area contributed by atoms with Crippen molar-refractivity contribution < 1.29 is 4.74 Å². The van der Waals surface area contributed by atoms with Crippen LogP contribution in [0.1, 0.15) is 31.0 Å². The van der Waals surface area contributed by atoms with Gasteiger partial charge in [-0.15, -0.1) is 0 Å². The van der Waals surface area contributed by atoms with Gasteiger partial charge in [-0.2, -0.15) is 4.98 Å². The number of nitrogens with zero attached hydrogens (tertiary/aromatic N) is 3. The quantitative estimate of drug-likeness (QED) is 0.684. The Bertz CT molecular complexity index is 1090. The molecule has 1 atom stereocenters. The highest BCUT2D eigenvalue weighted by Crippen LogP contribution is 2.35. The van der Waals surface area contributed by atoms with Gasteiger partial charge in [0.2, 0.25) is 0 Å². The number of benzene rings is 1. The van der Waals surface area contributed by atoms with Gasteiger partial charge < -0.3 is 14.6 Å². The number of hydrogen-bond acceptors (Lipinski definition) is 5. The molecule has 3 aromatic rings. The number of aromatic nitrogens is 3. The predicted octanol–water partition coefficient (Wildman–Crippen LogP) is 3.79. The molecule has 0 aliphatic heterocycles. The zero-order chi connectivity index (χ0) is 19.8. The van der Waals surface area contributed by atoms with Crippen molar-refractivity contribution >= 4 is 28.2 Å². The molecule has 1 fully saturated rings. The number of hydrogen-bond donors (Lipinski definition) is 1. The third-order valence-corrected chi connectivity index (χ3v) is 5.69. The van der Waals surface area contributed by atoms with E-state index in [-0.39, 0.29) is 5.56 Å². The molecular formula is C21H23ClN4O2. The maximum Gasteiger partial charge on any atom is 0.316 e. The van der Waals surface area contributed by atoms with Crippen LogP contribution in [0, 0.1) is 5.92 Å². The van der Waals surface area contributed by atoms with Crippen LogP contribution in [0.15, 0.2) is 35.3 Å². The number of halogens is 1. The Labute approximate surface area is 168 Å². The van der Waals surface area contributed by atoms with Gasteiger partial charge in [-0.25, -0.2) is 4.98 Å². The second-order valence-corrected chi connectivity index (χ2v) is 7.81. The molecule has 0 saturated heterocycles. The topological polar surface area (TPSA) is 69.0 Å². The monoisotopic (exact) mass is 398 g/mol. The van der Waals surface area contributed by atoms with Gasteiger partial charge >= 0.3 is 6.01 Å². The van der Waals surface area contributed by atoms with E-state index in [9.17, 15) is 4.79 Å². The Morgan fingerprint density at radius 1 is 1.36 bits per heavy atom. The van der Waals surface area contributed by atoms with Gasteiger partial charge in [0.15, 0.2) is 0 Å². The Morgan fingerprint density at radius 3 is 2.86 bits per heavy atom. The van der Waals surface area contributed by atoms with Gasteiger partial charge in [0.25, 0.3) is 5.56 Å². The summed E-state index contributed by atoms with van der Waals surface area (Å²) in [7, 11) is 3.33. The van der Waals surface area contributed by atoms with Crippen molar-refractivity contribution in [2.24, 2.45) is 13.0 Å². The molecule has 1 aromatic carbocycles. The average Bonchev–Trinajstić information content (AvgIpc) is 3.53. The zero-order valence-corrected chi connectivity index (χ0v) is 17.0. The van der Waals surface area contributed by atoms with Gasteiger partial charge in [0.05, 0.1) is 29.5 Å². The fourth-order valence-electron chi connectivity index (χ4n) is 3.50. The second-order valence-electron chi connectivity index (χ2n) is 7.41. The van der Waals surface area contributed by atoms with E-state index in [4.69, 9.17) is 16.3 Å². The number of pyridine rings is 1. The lowest BCUT2D eigenvalue weighted by Crippen LogP contribution is -2.22. The molecule has 7 heteroatoms. The molecule has 6 nitrogen and oxygen atoms in total. The van der Waals surface area contributed by atoms with E-state index < -0.39 is 0 Å². The number of fused-ring (bicyclic) bond motifs is 1. The predicted molar refractivity (Wildman–Crippen MR) is 111 cm³/mol. The fourth-order valence-corrected chi connectivity index (χ4v) is 3.65. The number of rotatable bonds is 6. The van der Waals surface area contributed by atoms with Crippen LogP contribution in [0.5, 0.6) is 6.01 Å². The highest BCUT2D eigenvalue weighted by molar-refractivity contribution is 6.31. The number of methoxy groups -OCH3 is 1. The average molecular weight is 399 g/mol. The first-order chi connectivity index (χ1) is 13.5. The summed E-state index contributed by atoms with van der Waals surface area (Å²) in [6, 6.07) is 8.40. The van der Waals surface area contributed by atoms with Crippen molar-refractivity contribution in [3.8, 4) is 6.01 Å². The lowest BCUT2D eigenvalue weighted by Gasteiger charge is -2.18. The summed E-state index contributed by atoms with van der Waals surface area (Å²) in [5, 5.41) is 5.07. The lowest BCUT2D eigenvalue weighted by molar-refractivity contribution is 0.378. The largest absolute Gasteiger partial charge is 0.467 e. The molecule has 1 N–H and O–H groups in total. The summed E-state index contributed by atoms with van der Waals surface area (Å²) in [5.74, 6) is 0.689. The molecule has 2 aromatic heterocycles. The minimum Gasteiger partial charge on any atom is -0.467 e. The molecule has 0 unspecified atom stereocenters. The van der Waals surface area contributed by atoms with Crippen LogP contribution >= 0.6 is 11.6 Å². The molecule has 0 amide bonds. The molecule has 146 valence electrons. The normalized spacial score (nSPS) is 14.9. The van der Waals surface area contributed by atoms with Crippen molar-refractivity contribution in [1.82, 2.24) is 14.5 Å². The molecule has 2 heterocycles. The van der Waals surface area contributed by atoms with Crippen LogP contribution in [0.25, 0.3) is 10.9 Å². The molecule has 0 bridgehead atoms. The highest BCUT2D eigenvalue weighted by Gasteiger charge is 2.28. The molecule has 4 rings (SSSR count). The van der Waals surface area contributed by atoms with Gasteiger partial charge in [0, 0.05) is 36.7 Å². The second kappa shape index (κ2) is 7.43. The number of aryl methyl sites for hydroxylation is 1. The Morgan fingerprint density at radius 2 is 2.14 bits per heavy atom. The summed E-state index contributed by atoms with van der Waals surface area (Å²) in [6.07, 6.45) is 4.60. The van der Waals surface area contributed by atoms with Crippen LogP contribution < -0.4 is 15.6 Å². The van der Waals surface area contributed by atoms with Crippen LogP contribution in [-0.2, 0) is 13.5 Å².